The molecule has 0 unspecified atom stereocenters. The summed E-state index contributed by atoms with van der Waals surface area (Å²) in [6, 6.07) is 0. The summed E-state index contributed by atoms with van der Waals surface area (Å²) in [7, 11) is 1.17. The van der Waals surface area contributed by atoms with Gasteiger partial charge in [-0.15, -0.1) is 6.58 Å². The van der Waals surface area contributed by atoms with Crippen molar-refractivity contribution in [3.8, 4) is 0 Å². The highest BCUT2D eigenvalue weighted by Crippen LogP contribution is 2.75. The largest absolute Gasteiger partial charge is 0.458 e. The molecule has 7 heterocycles. The molecule has 0 aromatic rings. The normalized spacial score (nSPS) is 52.5. The van der Waals surface area contributed by atoms with Crippen LogP contribution in [0.15, 0.2) is 23.8 Å². The van der Waals surface area contributed by atoms with Gasteiger partial charge in [-0.1, -0.05) is 44.9 Å². The average molecular weight is 1410 g/mol. The highest BCUT2D eigenvalue weighted by molar-refractivity contribution is 5.99. The minimum Gasteiger partial charge on any atom is -0.458 e. The fourth-order valence-corrected chi connectivity index (χ4v) is 18.8. The third-order valence-corrected chi connectivity index (χ3v) is 24.1. The van der Waals surface area contributed by atoms with E-state index in [4.69, 9.17) is 66.3 Å². The van der Waals surface area contributed by atoms with Crippen LogP contribution < -0.4 is 0 Å². The molecule has 11 rings (SSSR count). The second kappa shape index (κ2) is 29.4. The number of carbonyl (C=O) groups is 2. The third kappa shape index (κ3) is 13.0. The predicted molar refractivity (Wildman–Crippen MR) is 326 cm³/mol. The van der Waals surface area contributed by atoms with Crippen molar-refractivity contribution >= 4 is 11.8 Å². The Bertz CT molecular complexity index is 2820. The maximum atomic E-state index is 14.6. The van der Waals surface area contributed by atoms with Crippen LogP contribution in [-0.2, 0) is 75.9 Å². The average Bonchev–Trinajstić information content (AvgIpc) is 1.47. The number of allylic oxidation sites excluding steroid dienone is 3. The first kappa shape index (κ1) is 76.6. The first-order valence-corrected chi connectivity index (χ1v) is 34.3. The summed E-state index contributed by atoms with van der Waals surface area (Å²) in [5, 5.41) is 177. The second-order valence-electron chi connectivity index (χ2n) is 30.4. The Kier molecular flexibility index (Phi) is 23.0. The standard InChI is InChI=1S/C66H104O32/c1-25(2)11-10-16-65(8)54-29(71)19-64(7)28-12-13-35-62(4,5)36(15-17-63(35,6)27(28)14-18-66(54,64)61(84)98-65)93-60-53(41(76)34(24-86-60)92-57-47(82)51(39(74)32(22-69)89-57)95-56-44(79)42(77)37(72)30(20-67)88-56)97-55-45(80)43(78)49(26(3)87-55)94-59-48(83)52(40(75)33(23-70)91-59)96-58-46(81)50(85-9)38(73)31(21-68)90-58/h14,26,28,30-60,67-70,72-83H,1,10-13,15-24H2,2-9H3/t26-,28-,30-,31-,32-,33-,34-,35+,36+,37-,38-,39-,40-,41+,42+,43-,44-,45-,46-,47-,48-,49-,50+,51+,52+,53-,54-,55+,56+,57+,58+,59+,60+,63-,64+,65+,66-/m1/s1. The molecule has 11 aliphatic rings. The molecule has 10 fully saturated rings. The Morgan fingerprint density at radius 1 is 0.561 bits per heavy atom. The van der Waals surface area contributed by atoms with E-state index in [9.17, 15) is 91.3 Å². The lowest BCUT2D eigenvalue weighted by Crippen LogP contribution is -2.67. The Labute approximate surface area is 567 Å². The van der Waals surface area contributed by atoms with E-state index in [1.807, 2.05) is 13.8 Å². The van der Waals surface area contributed by atoms with Gasteiger partial charge >= 0.3 is 5.97 Å². The zero-order chi connectivity index (χ0) is 71.4. The van der Waals surface area contributed by atoms with Crippen molar-refractivity contribution in [3.05, 3.63) is 23.8 Å². The van der Waals surface area contributed by atoms with E-state index in [1.54, 1.807) is 0 Å². The van der Waals surface area contributed by atoms with Crippen LogP contribution in [-0.4, -0.2) is 323 Å². The van der Waals surface area contributed by atoms with Crippen LogP contribution in [0.2, 0.25) is 0 Å². The van der Waals surface area contributed by atoms with Gasteiger partial charge in [-0.2, -0.15) is 0 Å². The van der Waals surface area contributed by atoms with Crippen molar-refractivity contribution in [3.63, 3.8) is 0 Å². The van der Waals surface area contributed by atoms with Crippen molar-refractivity contribution < 1.29 is 158 Å². The molecule has 3 saturated carbocycles. The number of Topliss-reactive ketones (excluding diaryl/α,β-unsaturated/α-hetero) is 1. The first-order chi connectivity index (χ1) is 46.2. The highest BCUT2D eigenvalue weighted by Gasteiger charge is 2.79. The minimum absolute atomic E-state index is 0.0447. The highest BCUT2D eigenvalue weighted by atomic mass is 16.8. The van der Waals surface area contributed by atoms with E-state index in [2.05, 4.69) is 40.3 Å². The molecular weight excluding hydrogens is 1300 g/mol. The molecule has 1 spiro atoms. The van der Waals surface area contributed by atoms with Crippen LogP contribution in [0.5, 0.6) is 0 Å². The Hall–Kier alpha value is -2.54. The number of hydrogen-bond acceptors (Lipinski definition) is 32. The Morgan fingerprint density at radius 3 is 1.62 bits per heavy atom. The van der Waals surface area contributed by atoms with Crippen LogP contribution in [0.3, 0.4) is 0 Å². The monoisotopic (exact) mass is 1410 g/mol. The number of aliphatic hydroxyl groups excluding tert-OH is 16. The van der Waals surface area contributed by atoms with Crippen molar-refractivity contribution in [1.29, 1.82) is 0 Å². The molecule has 32 nitrogen and oxygen atoms in total. The molecule has 98 heavy (non-hydrogen) atoms. The van der Waals surface area contributed by atoms with Crippen molar-refractivity contribution in [2.45, 2.75) is 296 Å². The smallest absolute Gasteiger partial charge is 0.314 e. The molecule has 0 aromatic carbocycles. The lowest BCUT2D eigenvalue weighted by atomic mass is 9.41. The minimum atomic E-state index is -2.09. The number of aliphatic hydroxyl groups is 16. The number of ketones is 1. The van der Waals surface area contributed by atoms with E-state index in [-0.39, 0.29) is 30.0 Å². The number of carbonyl (C=O) groups excluding carboxylic acids is 2. The number of rotatable bonds is 21. The predicted octanol–water partition coefficient (Wildman–Crippen LogP) is -4.56. The van der Waals surface area contributed by atoms with Crippen LogP contribution in [0.25, 0.3) is 0 Å². The molecule has 7 saturated heterocycles. The maximum absolute atomic E-state index is 14.6. The molecule has 37 atom stereocenters. The zero-order valence-electron chi connectivity index (χ0n) is 56.4. The lowest BCUT2D eigenvalue weighted by Gasteiger charge is -2.63. The molecule has 16 N–H and O–H groups in total. The molecule has 7 aliphatic heterocycles. The first-order valence-electron chi connectivity index (χ1n) is 34.3. The van der Waals surface area contributed by atoms with Crippen LogP contribution in [0.1, 0.15) is 106 Å². The number of fused-ring (bicyclic) bond motifs is 4. The van der Waals surface area contributed by atoms with Gasteiger partial charge in [0.2, 0.25) is 0 Å². The fourth-order valence-electron chi connectivity index (χ4n) is 18.8. The third-order valence-electron chi connectivity index (χ3n) is 24.1. The van der Waals surface area contributed by atoms with E-state index in [1.165, 1.54) is 19.6 Å². The van der Waals surface area contributed by atoms with Crippen LogP contribution in [0, 0.1) is 39.4 Å². The van der Waals surface area contributed by atoms with Crippen LogP contribution >= 0.6 is 0 Å². The van der Waals surface area contributed by atoms with Gasteiger partial charge in [-0.25, -0.2) is 0 Å². The van der Waals surface area contributed by atoms with Gasteiger partial charge < -0.3 is 148 Å². The zero-order valence-corrected chi connectivity index (χ0v) is 56.4. The fraction of sp³-hybridized carbons (Fsp3) is 0.909. The summed E-state index contributed by atoms with van der Waals surface area (Å²) in [4.78, 5) is 29.1. The molecule has 4 aliphatic carbocycles. The summed E-state index contributed by atoms with van der Waals surface area (Å²) < 4.78 is 84.3. The van der Waals surface area contributed by atoms with E-state index in [0.717, 1.165) is 18.4 Å². The van der Waals surface area contributed by atoms with E-state index >= 15 is 0 Å². The van der Waals surface area contributed by atoms with Gasteiger partial charge in [0.15, 0.2) is 37.7 Å². The number of methoxy groups -OCH3 is 1. The molecule has 0 bridgehead atoms. The summed E-state index contributed by atoms with van der Waals surface area (Å²) in [6.45, 7) is 13.8. The maximum Gasteiger partial charge on any atom is 0.314 e. The van der Waals surface area contributed by atoms with Crippen LogP contribution in [0.4, 0.5) is 0 Å². The number of cyclic esters (lactones) is 1. The molecular formula is C66H104O32. The second-order valence-corrected chi connectivity index (χ2v) is 30.4. The molecule has 0 radical (unpaired) electrons. The summed E-state index contributed by atoms with van der Waals surface area (Å²) >= 11 is 0. The van der Waals surface area contributed by atoms with Gasteiger partial charge in [0.25, 0.3) is 0 Å². The van der Waals surface area contributed by atoms with Gasteiger partial charge in [0.05, 0.1) is 56.6 Å². The molecule has 560 valence electrons. The van der Waals surface area contributed by atoms with Crippen molar-refractivity contribution in [1.82, 2.24) is 0 Å². The number of ether oxygens (including phenoxy) is 14. The van der Waals surface area contributed by atoms with E-state index in [0.29, 0.717) is 38.5 Å². The summed E-state index contributed by atoms with van der Waals surface area (Å²) in [5.74, 6) is -1.06. The van der Waals surface area contributed by atoms with Gasteiger partial charge in [-0.3, -0.25) is 9.59 Å². The summed E-state index contributed by atoms with van der Waals surface area (Å²) in [5.41, 5.74) is -1.66. The number of esters is 1. The van der Waals surface area contributed by atoms with Gasteiger partial charge in [-0.05, 0) is 100 Å². The molecule has 32 heteroatoms. The van der Waals surface area contributed by atoms with Crippen molar-refractivity contribution in [2.24, 2.45) is 39.4 Å². The van der Waals surface area contributed by atoms with Crippen molar-refractivity contribution in [2.75, 3.05) is 40.1 Å². The SMILES string of the molecule is C=C(C)CCC[C@]1(C)OC(=O)[C@]23CC=C4[C@@H](CC[C@H]5C(C)(C)[C@@H](O[C@@H]6OC[C@@H](O[C@@H]7O[C@H](CO)[C@@H](O)[C@H](O[C@@H]8O[C@H](CO)[C@@H](O)[C@H](O)[C@H]8O)[C@H]7O)[C@H](O)[C@H]6O[C@@H]6O[C@H](C)[C@@H](O[C@@H]7O[C@H](CO)[C@@H](O)[C@H](O[C@@H]8O[C@H](CO)[C@@H](O)[C@H](OC)[C@H]8O)[C@H]7O)[C@H](O)[C@H]6O)CC[C@]45C)[C@]2(C)CC(=O)[C@@H]31. The quantitative estimate of drug-likeness (QED) is 0.0292. The number of hydrogen-bond donors (Lipinski definition) is 16. The van der Waals surface area contributed by atoms with Gasteiger partial charge in [0, 0.05) is 13.5 Å². The summed E-state index contributed by atoms with van der Waals surface area (Å²) in [6.07, 6.45) is -44.4. The molecule has 0 amide bonds. The Morgan fingerprint density at radius 2 is 1.06 bits per heavy atom. The Balaban J connectivity index is 0.835. The van der Waals surface area contributed by atoms with Gasteiger partial charge in [0.1, 0.15) is 146 Å². The lowest BCUT2D eigenvalue weighted by molar-refractivity contribution is -0.397. The van der Waals surface area contributed by atoms with E-state index < -0.39 is 250 Å². The molecule has 0 aromatic heterocycles. The topological polar surface area (TPSA) is 487 Å².